The van der Waals surface area contributed by atoms with Crippen LogP contribution in [0.5, 0.6) is 0 Å². The van der Waals surface area contributed by atoms with Gasteiger partial charge in [-0.3, -0.25) is 14.0 Å². The number of anilines is 2. The van der Waals surface area contributed by atoms with Crippen LogP contribution >= 0.6 is 0 Å². The van der Waals surface area contributed by atoms with Crippen molar-refractivity contribution in [3.05, 3.63) is 41.7 Å². The highest BCUT2D eigenvalue weighted by Gasteiger charge is 2.33. The molecule has 122 valence electrons. The van der Waals surface area contributed by atoms with Gasteiger partial charge in [-0.25, -0.2) is 0 Å². The van der Waals surface area contributed by atoms with Gasteiger partial charge in [0.25, 0.3) is 0 Å². The second-order valence-electron chi connectivity index (χ2n) is 6.28. The van der Waals surface area contributed by atoms with Crippen LogP contribution in [0.25, 0.3) is 11.1 Å². The maximum absolute atomic E-state index is 12.2. The molecule has 24 heavy (non-hydrogen) atoms. The molecule has 2 aromatic rings. The number of rotatable bonds is 3. The van der Waals surface area contributed by atoms with Crippen molar-refractivity contribution in [3.8, 4) is 17.2 Å². The molecule has 6 nitrogen and oxygen atoms in total. The Kier molecular flexibility index (Phi) is 3.25. The third-order valence-corrected chi connectivity index (χ3v) is 5.97. The van der Waals surface area contributed by atoms with E-state index in [-0.39, 0.29) is 0 Å². The number of nitrogens with zero attached hydrogens (tertiary/aromatic N) is 3. The van der Waals surface area contributed by atoms with Crippen LogP contribution in [0.15, 0.2) is 30.6 Å². The monoisotopic (exact) mass is 340 g/mol. The maximum Gasteiger partial charge on any atom is 0.323 e. The fourth-order valence-electron chi connectivity index (χ4n) is 3.06. The Morgan fingerprint density at radius 3 is 2.92 bits per heavy atom. The lowest BCUT2D eigenvalue weighted by Crippen LogP contribution is -2.25. The van der Waals surface area contributed by atoms with Crippen molar-refractivity contribution in [1.29, 1.82) is 5.26 Å². The first kappa shape index (κ1) is 15.0. The topological polar surface area (TPSA) is 86.1 Å². The van der Waals surface area contributed by atoms with Crippen LogP contribution in [-0.2, 0) is 16.6 Å². The number of hydrogen-bond acceptors (Lipinski definition) is 4. The summed E-state index contributed by atoms with van der Waals surface area (Å²) >= 11 is 0. The van der Waals surface area contributed by atoms with Crippen molar-refractivity contribution >= 4 is 21.6 Å². The van der Waals surface area contributed by atoms with Crippen molar-refractivity contribution in [2.24, 2.45) is 5.92 Å². The summed E-state index contributed by atoms with van der Waals surface area (Å²) in [5.41, 5.74) is 4.37. The molecule has 0 unspecified atom stereocenters. The summed E-state index contributed by atoms with van der Waals surface area (Å²) in [4.78, 5) is 3.99. The van der Waals surface area contributed by atoms with E-state index in [1.807, 2.05) is 12.1 Å². The molecule has 1 aliphatic heterocycles. The Morgan fingerprint density at radius 1 is 1.42 bits per heavy atom. The zero-order chi connectivity index (χ0) is 16.9. The lowest BCUT2D eigenvalue weighted by molar-refractivity contribution is 0.601. The maximum atomic E-state index is 12.2. The molecule has 1 fully saturated rings. The first-order valence-electron chi connectivity index (χ1n) is 7.77. The molecule has 0 bridgehead atoms. The lowest BCUT2D eigenvalue weighted by Gasteiger charge is -2.13. The third kappa shape index (κ3) is 2.39. The fraction of sp³-hybridized carbons (Fsp3) is 0.294. The van der Waals surface area contributed by atoms with E-state index >= 15 is 0 Å². The quantitative estimate of drug-likeness (QED) is 0.931. The van der Waals surface area contributed by atoms with Crippen LogP contribution in [0.3, 0.4) is 0 Å². The first-order chi connectivity index (χ1) is 11.5. The average Bonchev–Trinajstić information content (AvgIpc) is 3.35. The van der Waals surface area contributed by atoms with E-state index in [1.165, 1.54) is 30.4 Å². The second kappa shape index (κ2) is 5.21. The largest absolute Gasteiger partial charge is 0.323 e. The molecule has 0 spiro atoms. The van der Waals surface area contributed by atoms with Crippen LogP contribution in [0.2, 0.25) is 0 Å². The summed E-state index contributed by atoms with van der Waals surface area (Å²) in [5, 5.41) is 9.32. The van der Waals surface area contributed by atoms with Crippen LogP contribution in [-0.4, -0.2) is 20.4 Å². The third-order valence-electron chi connectivity index (χ3n) is 4.59. The van der Waals surface area contributed by atoms with Gasteiger partial charge in [0.2, 0.25) is 0 Å². The van der Waals surface area contributed by atoms with Crippen molar-refractivity contribution in [2.75, 3.05) is 16.1 Å². The highest BCUT2D eigenvalue weighted by atomic mass is 32.2. The summed E-state index contributed by atoms with van der Waals surface area (Å²) in [6.45, 7) is 0. The summed E-state index contributed by atoms with van der Waals surface area (Å²) in [5.74, 6) is 0.618. The van der Waals surface area contributed by atoms with Crippen LogP contribution < -0.4 is 9.03 Å². The van der Waals surface area contributed by atoms with Gasteiger partial charge in [0.1, 0.15) is 6.07 Å². The first-order valence-corrected chi connectivity index (χ1v) is 9.21. The molecule has 7 heteroatoms. The van der Waals surface area contributed by atoms with Gasteiger partial charge in [-0.15, -0.1) is 0 Å². The van der Waals surface area contributed by atoms with Gasteiger partial charge in [-0.2, -0.15) is 13.7 Å². The Morgan fingerprint density at radius 2 is 2.21 bits per heavy atom. The Hall–Kier alpha value is -2.59. The van der Waals surface area contributed by atoms with Crippen LogP contribution in [0, 0.1) is 17.2 Å². The van der Waals surface area contributed by atoms with E-state index in [2.05, 4.69) is 15.8 Å². The number of aromatic nitrogens is 1. The van der Waals surface area contributed by atoms with E-state index in [0.717, 1.165) is 23.1 Å². The van der Waals surface area contributed by atoms with Crippen molar-refractivity contribution in [2.45, 2.75) is 19.3 Å². The van der Waals surface area contributed by atoms with E-state index in [1.54, 1.807) is 12.3 Å². The summed E-state index contributed by atoms with van der Waals surface area (Å²) in [6, 6.07) is 7.76. The van der Waals surface area contributed by atoms with Crippen molar-refractivity contribution in [3.63, 3.8) is 0 Å². The molecule has 0 saturated heterocycles. The molecular formula is C17H16N4O2S. The van der Waals surface area contributed by atoms with Gasteiger partial charge < -0.3 is 0 Å². The molecule has 1 aromatic heterocycles. The highest BCUT2D eigenvalue weighted by molar-refractivity contribution is 7.94. The van der Waals surface area contributed by atoms with Gasteiger partial charge >= 0.3 is 10.2 Å². The molecule has 1 aliphatic carbocycles. The van der Waals surface area contributed by atoms with E-state index < -0.39 is 10.2 Å². The van der Waals surface area contributed by atoms with Crippen molar-refractivity contribution in [1.82, 2.24) is 4.98 Å². The minimum Gasteiger partial charge on any atom is -0.264 e. The Balaban J connectivity index is 1.91. The minimum atomic E-state index is -3.53. The van der Waals surface area contributed by atoms with Gasteiger partial charge in [0.15, 0.2) is 0 Å². The molecule has 2 aliphatic rings. The number of nitrogens with one attached hydrogen (secondary N) is 1. The highest BCUT2D eigenvalue weighted by Crippen LogP contribution is 2.44. The van der Waals surface area contributed by atoms with Gasteiger partial charge in [0, 0.05) is 25.0 Å². The SMILES string of the molecule is CN1c2cc(-c3ccncc3C#N)cc(CC3CC3)c2NS1(=O)=O. The Bertz CT molecular complexity index is 975. The van der Waals surface area contributed by atoms with Gasteiger partial charge in [0.05, 0.1) is 16.9 Å². The van der Waals surface area contributed by atoms with E-state index in [9.17, 15) is 13.7 Å². The minimum absolute atomic E-state index is 0.478. The standard InChI is InChI=1S/C17H16N4O2S/c1-21-16-8-12(15-4-5-19-10-14(15)9-18)7-13(6-11-2-3-11)17(16)20-24(21,22)23/h4-5,7-8,10-11,20H,2-3,6H2,1H3. The van der Waals surface area contributed by atoms with Crippen LogP contribution in [0.1, 0.15) is 24.0 Å². The smallest absolute Gasteiger partial charge is 0.264 e. The number of nitriles is 1. The fourth-order valence-corrected chi connectivity index (χ4v) is 4.10. The number of pyridine rings is 1. The normalized spacial score (nSPS) is 17.9. The molecule has 2 heterocycles. The van der Waals surface area contributed by atoms with Gasteiger partial charge in [-0.1, -0.05) is 0 Å². The number of benzene rings is 1. The molecule has 0 amide bonds. The Labute approximate surface area is 140 Å². The zero-order valence-electron chi connectivity index (χ0n) is 13.2. The van der Waals surface area contributed by atoms with E-state index in [0.29, 0.717) is 22.9 Å². The summed E-state index contributed by atoms with van der Waals surface area (Å²) < 4.78 is 28.3. The van der Waals surface area contributed by atoms with Crippen molar-refractivity contribution < 1.29 is 8.42 Å². The lowest BCUT2D eigenvalue weighted by atomic mass is 9.96. The van der Waals surface area contributed by atoms with Crippen LogP contribution in [0.4, 0.5) is 11.4 Å². The summed E-state index contributed by atoms with van der Waals surface area (Å²) in [6.07, 6.45) is 6.38. The summed E-state index contributed by atoms with van der Waals surface area (Å²) in [7, 11) is -1.99. The molecular weight excluding hydrogens is 324 g/mol. The molecule has 4 rings (SSSR count). The van der Waals surface area contributed by atoms with Gasteiger partial charge in [-0.05, 0) is 54.5 Å². The van der Waals surface area contributed by atoms with E-state index in [4.69, 9.17) is 0 Å². The predicted octanol–water partition coefficient (Wildman–Crippen LogP) is 2.68. The zero-order valence-corrected chi connectivity index (χ0v) is 14.0. The molecule has 1 aromatic carbocycles. The molecule has 1 saturated carbocycles. The number of fused-ring (bicyclic) bond motifs is 1. The molecule has 0 atom stereocenters. The molecule has 1 N–H and O–H groups in total. The second-order valence-corrected chi connectivity index (χ2v) is 7.99. The predicted molar refractivity (Wildman–Crippen MR) is 91.8 cm³/mol. The average molecular weight is 340 g/mol. The molecule has 0 radical (unpaired) electrons. The number of hydrogen-bond donors (Lipinski definition) is 1.